The highest BCUT2D eigenvalue weighted by molar-refractivity contribution is 7.13. The number of amides is 1. The molecule has 22 heavy (non-hydrogen) atoms. The minimum atomic E-state index is -0.0813. The zero-order valence-electron chi connectivity index (χ0n) is 11.6. The predicted octanol–water partition coefficient (Wildman–Crippen LogP) is 4.64. The highest BCUT2D eigenvalue weighted by Crippen LogP contribution is 2.30. The van der Waals surface area contributed by atoms with Crippen molar-refractivity contribution in [3.05, 3.63) is 70.7 Å². The number of thiazole rings is 1. The summed E-state index contributed by atoms with van der Waals surface area (Å²) in [6.45, 7) is 0. The van der Waals surface area contributed by atoms with Crippen LogP contribution in [0.3, 0.4) is 0 Å². The maximum atomic E-state index is 12.0. The van der Waals surface area contributed by atoms with E-state index in [1.165, 1.54) is 11.3 Å². The summed E-state index contributed by atoms with van der Waals surface area (Å²) in [5, 5.41) is 6.23. The Hall–Kier alpha value is -2.17. The average molecular weight is 329 g/mol. The first-order chi connectivity index (χ1) is 10.7. The number of para-hydroxylation sites is 1. The smallest absolute Gasteiger partial charge is 0.230 e. The van der Waals surface area contributed by atoms with Gasteiger partial charge in [0.15, 0.2) is 0 Å². The van der Waals surface area contributed by atoms with Gasteiger partial charge in [-0.3, -0.25) is 4.79 Å². The molecule has 0 aliphatic heterocycles. The Bertz CT molecular complexity index is 786. The highest BCUT2D eigenvalue weighted by atomic mass is 35.5. The quantitative estimate of drug-likeness (QED) is 0.757. The van der Waals surface area contributed by atoms with E-state index in [4.69, 9.17) is 11.6 Å². The lowest BCUT2D eigenvalue weighted by molar-refractivity contribution is -0.115. The molecule has 3 aromatic rings. The van der Waals surface area contributed by atoms with Gasteiger partial charge in [0, 0.05) is 16.6 Å². The molecule has 0 atom stereocenters. The second-order valence-electron chi connectivity index (χ2n) is 4.71. The van der Waals surface area contributed by atoms with Gasteiger partial charge in [-0.05, 0) is 18.2 Å². The first kappa shape index (κ1) is 14.8. The van der Waals surface area contributed by atoms with Crippen molar-refractivity contribution in [3.63, 3.8) is 0 Å². The average Bonchev–Trinajstić information content (AvgIpc) is 2.97. The summed E-state index contributed by atoms with van der Waals surface area (Å²) in [5.41, 5.74) is 2.42. The molecule has 110 valence electrons. The summed E-state index contributed by atoms with van der Waals surface area (Å²) in [6, 6.07) is 16.9. The monoisotopic (exact) mass is 328 g/mol. The number of halogens is 1. The molecule has 0 saturated heterocycles. The molecule has 0 spiro atoms. The third-order valence-corrected chi connectivity index (χ3v) is 4.31. The number of hydrogen-bond donors (Lipinski definition) is 1. The van der Waals surface area contributed by atoms with E-state index in [1.54, 1.807) is 0 Å². The van der Waals surface area contributed by atoms with Crippen LogP contribution in [0.5, 0.6) is 0 Å². The Morgan fingerprint density at radius 3 is 2.59 bits per heavy atom. The zero-order valence-corrected chi connectivity index (χ0v) is 13.2. The molecule has 0 radical (unpaired) electrons. The number of hydrogen-bond acceptors (Lipinski definition) is 3. The molecule has 3 rings (SSSR count). The van der Waals surface area contributed by atoms with Crippen LogP contribution in [0.15, 0.2) is 60.0 Å². The molecule has 1 N–H and O–H groups in total. The van der Waals surface area contributed by atoms with E-state index in [9.17, 15) is 4.79 Å². The molecule has 1 amide bonds. The molecule has 1 aromatic heterocycles. The Balaban J connectivity index is 1.70. The first-order valence-corrected chi connectivity index (χ1v) is 8.02. The van der Waals surface area contributed by atoms with Crippen LogP contribution in [0.2, 0.25) is 5.02 Å². The van der Waals surface area contributed by atoms with E-state index in [-0.39, 0.29) is 12.3 Å². The van der Waals surface area contributed by atoms with E-state index in [0.717, 1.165) is 22.0 Å². The number of nitrogens with zero attached hydrogens (tertiary/aromatic N) is 1. The number of benzene rings is 2. The van der Waals surface area contributed by atoms with Crippen LogP contribution in [-0.2, 0) is 11.2 Å². The van der Waals surface area contributed by atoms with Gasteiger partial charge < -0.3 is 5.32 Å². The molecular formula is C17H13ClN2OS. The minimum absolute atomic E-state index is 0.0813. The third kappa shape index (κ3) is 3.53. The maximum Gasteiger partial charge on any atom is 0.230 e. The lowest BCUT2D eigenvalue weighted by Crippen LogP contribution is -2.14. The van der Waals surface area contributed by atoms with E-state index in [1.807, 2.05) is 60.0 Å². The number of carbonyl (C=O) groups excluding carboxylic acids is 1. The molecule has 0 saturated carbocycles. The predicted molar refractivity (Wildman–Crippen MR) is 91.3 cm³/mol. The molecule has 0 fully saturated rings. The van der Waals surface area contributed by atoms with Crippen LogP contribution in [0.4, 0.5) is 5.69 Å². The Morgan fingerprint density at radius 2 is 1.82 bits per heavy atom. The molecule has 1 heterocycles. The molecule has 0 aliphatic carbocycles. The van der Waals surface area contributed by atoms with E-state index < -0.39 is 0 Å². The Labute approximate surface area is 137 Å². The summed E-state index contributed by atoms with van der Waals surface area (Å²) < 4.78 is 0. The van der Waals surface area contributed by atoms with Crippen molar-refractivity contribution >= 4 is 34.5 Å². The fourth-order valence-corrected chi connectivity index (χ4v) is 3.18. The number of rotatable bonds is 4. The summed E-state index contributed by atoms with van der Waals surface area (Å²) in [5.74, 6) is -0.0813. The van der Waals surface area contributed by atoms with Crippen molar-refractivity contribution in [1.29, 1.82) is 0 Å². The summed E-state index contributed by atoms with van der Waals surface area (Å²) in [7, 11) is 0. The fourth-order valence-electron chi connectivity index (χ4n) is 2.04. The largest absolute Gasteiger partial charge is 0.326 e. The van der Waals surface area contributed by atoms with Gasteiger partial charge in [-0.25, -0.2) is 4.98 Å². The summed E-state index contributed by atoms with van der Waals surface area (Å²) in [6.07, 6.45) is 0.246. The van der Waals surface area contributed by atoms with Gasteiger partial charge in [0.2, 0.25) is 5.91 Å². The van der Waals surface area contributed by atoms with Gasteiger partial charge in [0.25, 0.3) is 0 Å². The number of carbonyl (C=O) groups is 1. The van der Waals surface area contributed by atoms with Crippen molar-refractivity contribution in [2.24, 2.45) is 0 Å². The zero-order chi connectivity index (χ0) is 15.4. The lowest BCUT2D eigenvalue weighted by atomic mass is 10.2. The number of nitrogens with one attached hydrogen (secondary N) is 1. The first-order valence-electron chi connectivity index (χ1n) is 6.76. The molecule has 0 aliphatic rings. The molecule has 2 aromatic carbocycles. The fraction of sp³-hybridized carbons (Fsp3) is 0.0588. The molecular weight excluding hydrogens is 316 g/mol. The number of aromatic nitrogens is 1. The minimum Gasteiger partial charge on any atom is -0.326 e. The summed E-state index contributed by atoms with van der Waals surface area (Å²) >= 11 is 7.66. The normalized spacial score (nSPS) is 10.4. The highest BCUT2D eigenvalue weighted by Gasteiger charge is 2.11. The van der Waals surface area contributed by atoms with Crippen LogP contribution in [0, 0.1) is 0 Å². The van der Waals surface area contributed by atoms with Gasteiger partial charge in [-0.15, -0.1) is 11.3 Å². The SMILES string of the molecule is O=C(Cc1csc(-c2ccccc2Cl)n1)Nc1ccccc1. The van der Waals surface area contributed by atoms with Gasteiger partial charge in [-0.2, -0.15) is 0 Å². The van der Waals surface area contributed by atoms with Crippen LogP contribution in [0.25, 0.3) is 10.6 Å². The standard InChI is InChI=1S/C17H13ClN2OS/c18-15-9-5-4-8-14(15)17-20-13(11-22-17)10-16(21)19-12-6-2-1-3-7-12/h1-9,11H,10H2,(H,19,21). The molecule has 0 bridgehead atoms. The molecule has 3 nitrogen and oxygen atoms in total. The third-order valence-electron chi connectivity index (χ3n) is 3.06. The molecule has 0 unspecified atom stereocenters. The topological polar surface area (TPSA) is 42.0 Å². The van der Waals surface area contributed by atoms with Crippen molar-refractivity contribution in [2.45, 2.75) is 6.42 Å². The van der Waals surface area contributed by atoms with Gasteiger partial charge in [-0.1, -0.05) is 48.0 Å². The Kier molecular flexibility index (Phi) is 4.51. The van der Waals surface area contributed by atoms with Gasteiger partial charge in [0.1, 0.15) is 5.01 Å². The lowest BCUT2D eigenvalue weighted by Gasteiger charge is -2.03. The van der Waals surface area contributed by atoms with Gasteiger partial charge >= 0.3 is 0 Å². The second kappa shape index (κ2) is 6.73. The summed E-state index contributed by atoms with van der Waals surface area (Å²) in [4.78, 5) is 16.5. The van der Waals surface area contributed by atoms with Crippen LogP contribution < -0.4 is 5.32 Å². The van der Waals surface area contributed by atoms with Crippen LogP contribution >= 0.6 is 22.9 Å². The van der Waals surface area contributed by atoms with Crippen molar-refractivity contribution in [1.82, 2.24) is 4.98 Å². The number of anilines is 1. The van der Waals surface area contributed by atoms with Crippen molar-refractivity contribution < 1.29 is 4.79 Å². The van der Waals surface area contributed by atoms with E-state index >= 15 is 0 Å². The maximum absolute atomic E-state index is 12.0. The van der Waals surface area contributed by atoms with Crippen LogP contribution in [0.1, 0.15) is 5.69 Å². The van der Waals surface area contributed by atoms with E-state index in [2.05, 4.69) is 10.3 Å². The second-order valence-corrected chi connectivity index (χ2v) is 5.98. The molecule has 5 heteroatoms. The van der Waals surface area contributed by atoms with Gasteiger partial charge in [0.05, 0.1) is 17.1 Å². The van der Waals surface area contributed by atoms with Crippen molar-refractivity contribution in [3.8, 4) is 10.6 Å². The Morgan fingerprint density at radius 1 is 1.09 bits per heavy atom. The van der Waals surface area contributed by atoms with E-state index in [0.29, 0.717) is 5.02 Å². The van der Waals surface area contributed by atoms with Crippen LogP contribution in [-0.4, -0.2) is 10.9 Å². The van der Waals surface area contributed by atoms with Crippen molar-refractivity contribution in [2.75, 3.05) is 5.32 Å².